The quantitative estimate of drug-likeness (QED) is 0.576. The van der Waals surface area contributed by atoms with E-state index in [0.29, 0.717) is 24.2 Å². The molecule has 4 amide bonds. The molecule has 3 aliphatic rings. The van der Waals surface area contributed by atoms with Gasteiger partial charge in [0.2, 0.25) is 11.8 Å². The number of hydrogen-bond donors (Lipinski definition) is 1. The first-order valence-corrected chi connectivity index (χ1v) is 10.1. The standard InChI is InChI=1S/C21H23N3O6/c25-16-7-8-17(26)23(16)12-9-19(28)30-13-18(27)24-15-6-2-1-5-14(15)22-20(29)21(24)10-3-4-11-21/h1-2,5-6H,3-4,7-13H2,(H,22,29). The summed E-state index contributed by atoms with van der Waals surface area (Å²) in [6, 6.07) is 7.05. The molecule has 0 atom stereocenters. The second-order valence-electron chi connectivity index (χ2n) is 7.79. The summed E-state index contributed by atoms with van der Waals surface area (Å²) in [4.78, 5) is 63.8. The molecule has 9 nitrogen and oxygen atoms in total. The van der Waals surface area contributed by atoms with E-state index in [-0.39, 0.29) is 43.5 Å². The van der Waals surface area contributed by atoms with Crippen LogP contribution in [0.2, 0.25) is 0 Å². The number of benzene rings is 1. The zero-order valence-corrected chi connectivity index (χ0v) is 16.5. The number of carbonyl (C=O) groups excluding carboxylic acids is 5. The lowest BCUT2D eigenvalue weighted by Gasteiger charge is -2.44. The van der Waals surface area contributed by atoms with Gasteiger partial charge in [-0.05, 0) is 25.0 Å². The van der Waals surface area contributed by atoms with Crippen LogP contribution in [0.1, 0.15) is 44.9 Å². The van der Waals surface area contributed by atoms with Crippen molar-refractivity contribution in [3.63, 3.8) is 0 Å². The van der Waals surface area contributed by atoms with E-state index in [1.165, 1.54) is 4.90 Å². The predicted molar refractivity (Wildman–Crippen MR) is 105 cm³/mol. The number of esters is 1. The van der Waals surface area contributed by atoms with Crippen molar-refractivity contribution >= 4 is 41.0 Å². The van der Waals surface area contributed by atoms with Crippen molar-refractivity contribution in [1.29, 1.82) is 0 Å². The average molecular weight is 413 g/mol. The highest BCUT2D eigenvalue weighted by atomic mass is 16.5. The number of fused-ring (bicyclic) bond motifs is 1. The lowest BCUT2D eigenvalue weighted by atomic mass is 9.90. The fraction of sp³-hybridized carbons (Fsp3) is 0.476. The Labute approximate surface area is 173 Å². The molecule has 1 aromatic carbocycles. The van der Waals surface area contributed by atoms with E-state index in [1.807, 2.05) is 0 Å². The molecule has 0 unspecified atom stereocenters. The molecular weight excluding hydrogens is 390 g/mol. The Morgan fingerprint density at radius 1 is 1.03 bits per heavy atom. The van der Waals surface area contributed by atoms with Crippen molar-refractivity contribution in [1.82, 2.24) is 4.90 Å². The molecule has 1 saturated heterocycles. The average Bonchev–Trinajstić information content (AvgIpc) is 3.33. The van der Waals surface area contributed by atoms with Crippen molar-refractivity contribution in [2.45, 2.75) is 50.5 Å². The van der Waals surface area contributed by atoms with Gasteiger partial charge in [-0.15, -0.1) is 0 Å². The molecule has 0 bridgehead atoms. The maximum atomic E-state index is 13.1. The van der Waals surface area contributed by atoms with Gasteiger partial charge in [0, 0.05) is 19.4 Å². The fourth-order valence-corrected chi connectivity index (χ4v) is 4.48. The summed E-state index contributed by atoms with van der Waals surface area (Å²) < 4.78 is 5.13. The molecule has 1 N–H and O–H groups in total. The van der Waals surface area contributed by atoms with Crippen LogP contribution in [0, 0.1) is 0 Å². The number of hydrogen-bond acceptors (Lipinski definition) is 6. The molecule has 0 radical (unpaired) electrons. The molecule has 1 spiro atoms. The van der Waals surface area contributed by atoms with Gasteiger partial charge in [0.25, 0.3) is 11.8 Å². The smallest absolute Gasteiger partial charge is 0.308 e. The lowest BCUT2D eigenvalue weighted by molar-refractivity contribution is -0.149. The van der Waals surface area contributed by atoms with Gasteiger partial charge in [0.15, 0.2) is 6.61 Å². The van der Waals surface area contributed by atoms with Crippen LogP contribution in [0.25, 0.3) is 0 Å². The molecule has 1 aliphatic carbocycles. The van der Waals surface area contributed by atoms with Gasteiger partial charge in [-0.2, -0.15) is 0 Å². The first-order valence-electron chi connectivity index (χ1n) is 10.1. The van der Waals surface area contributed by atoms with Gasteiger partial charge >= 0.3 is 5.97 Å². The third kappa shape index (κ3) is 3.44. The maximum Gasteiger partial charge on any atom is 0.308 e. The van der Waals surface area contributed by atoms with Crippen LogP contribution in [0.5, 0.6) is 0 Å². The minimum absolute atomic E-state index is 0.0520. The van der Waals surface area contributed by atoms with Crippen LogP contribution in [-0.2, 0) is 28.7 Å². The van der Waals surface area contributed by atoms with Crippen LogP contribution in [0.3, 0.4) is 0 Å². The highest BCUT2D eigenvalue weighted by Crippen LogP contribution is 2.45. The molecule has 1 aromatic rings. The summed E-state index contributed by atoms with van der Waals surface area (Å²) in [7, 11) is 0. The van der Waals surface area contributed by atoms with Crippen molar-refractivity contribution in [3.05, 3.63) is 24.3 Å². The lowest BCUT2D eigenvalue weighted by Crippen LogP contribution is -2.61. The van der Waals surface area contributed by atoms with Gasteiger partial charge in [0.1, 0.15) is 5.54 Å². The van der Waals surface area contributed by atoms with Gasteiger partial charge in [-0.1, -0.05) is 25.0 Å². The monoisotopic (exact) mass is 413 g/mol. The number of ether oxygens (including phenoxy) is 1. The summed E-state index contributed by atoms with van der Waals surface area (Å²) >= 11 is 0. The minimum Gasteiger partial charge on any atom is -0.455 e. The summed E-state index contributed by atoms with van der Waals surface area (Å²) in [5.74, 6) is -1.97. The Bertz CT molecular complexity index is 905. The van der Waals surface area contributed by atoms with Crippen LogP contribution in [-0.4, -0.2) is 53.2 Å². The number of carbonyl (C=O) groups is 5. The van der Waals surface area contributed by atoms with Crippen LogP contribution in [0.4, 0.5) is 11.4 Å². The maximum absolute atomic E-state index is 13.1. The number of likely N-dealkylation sites (tertiary alicyclic amines) is 1. The molecule has 0 aromatic heterocycles. The number of nitrogens with zero attached hydrogens (tertiary/aromatic N) is 2. The van der Waals surface area contributed by atoms with E-state index >= 15 is 0 Å². The highest BCUT2D eigenvalue weighted by Gasteiger charge is 2.52. The van der Waals surface area contributed by atoms with E-state index in [0.717, 1.165) is 17.7 Å². The highest BCUT2D eigenvalue weighted by molar-refractivity contribution is 6.15. The number of amides is 4. The van der Waals surface area contributed by atoms with Crippen molar-refractivity contribution < 1.29 is 28.7 Å². The largest absolute Gasteiger partial charge is 0.455 e. The minimum atomic E-state index is -0.966. The molecule has 2 heterocycles. The predicted octanol–water partition coefficient (Wildman–Crippen LogP) is 1.37. The molecule has 30 heavy (non-hydrogen) atoms. The first kappa shape index (κ1) is 20.1. The second-order valence-corrected chi connectivity index (χ2v) is 7.79. The molecule has 2 fully saturated rings. The summed E-state index contributed by atoms with van der Waals surface area (Å²) in [6.45, 7) is -0.562. The molecule has 1 saturated carbocycles. The number of para-hydroxylation sites is 2. The zero-order chi connectivity index (χ0) is 21.3. The third-order valence-corrected chi connectivity index (χ3v) is 5.97. The number of nitrogens with one attached hydrogen (secondary N) is 1. The van der Waals surface area contributed by atoms with Crippen molar-refractivity contribution in [3.8, 4) is 0 Å². The van der Waals surface area contributed by atoms with E-state index in [9.17, 15) is 24.0 Å². The Hall–Kier alpha value is -3.23. The summed E-state index contributed by atoms with van der Waals surface area (Å²) in [5.41, 5.74) is 0.172. The molecule has 4 rings (SSSR count). The van der Waals surface area contributed by atoms with Crippen molar-refractivity contribution in [2.24, 2.45) is 0 Å². The van der Waals surface area contributed by atoms with Gasteiger partial charge in [0.05, 0.1) is 17.8 Å². The topological polar surface area (TPSA) is 113 Å². The normalized spacial score (nSPS) is 19.8. The summed E-state index contributed by atoms with van der Waals surface area (Å²) in [5, 5.41) is 2.89. The van der Waals surface area contributed by atoms with Crippen LogP contribution in [0.15, 0.2) is 24.3 Å². The fourth-order valence-electron chi connectivity index (χ4n) is 4.48. The Kier molecular flexibility index (Phi) is 5.27. The van der Waals surface area contributed by atoms with E-state index < -0.39 is 24.0 Å². The van der Waals surface area contributed by atoms with Gasteiger partial charge < -0.3 is 10.1 Å². The van der Waals surface area contributed by atoms with Gasteiger partial charge in [-0.25, -0.2) is 0 Å². The number of imide groups is 1. The Balaban J connectivity index is 1.43. The second kappa shape index (κ2) is 7.89. The zero-order valence-electron chi connectivity index (χ0n) is 16.5. The van der Waals surface area contributed by atoms with Crippen LogP contribution >= 0.6 is 0 Å². The molecule has 2 aliphatic heterocycles. The first-order chi connectivity index (χ1) is 14.4. The van der Waals surface area contributed by atoms with E-state index in [1.54, 1.807) is 24.3 Å². The Morgan fingerprint density at radius 2 is 1.70 bits per heavy atom. The molecule has 158 valence electrons. The summed E-state index contributed by atoms with van der Waals surface area (Å²) in [6.07, 6.45) is 2.90. The SMILES string of the molecule is O=C(CCN1C(=O)CCC1=O)OCC(=O)N1c2ccccc2NC(=O)C12CCCC2. The van der Waals surface area contributed by atoms with E-state index in [2.05, 4.69) is 5.32 Å². The third-order valence-electron chi connectivity index (χ3n) is 5.97. The Morgan fingerprint density at radius 3 is 2.40 bits per heavy atom. The molecular formula is C21H23N3O6. The van der Waals surface area contributed by atoms with Crippen molar-refractivity contribution in [2.75, 3.05) is 23.4 Å². The van der Waals surface area contributed by atoms with E-state index in [4.69, 9.17) is 4.74 Å². The number of rotatable bonds is 5. The van der Waals surface area contributed by atoms with Gasteiger partial charge in [-0.3, -0.25) is 33.8 Å². The number of anilines is 2. The molecule has 9 heteroatoms. The van der Waals surface area contributed by atoms with Crippen LogP contribution < -0.4 is 10.2 Å².